The fraction of sp³-hybridized carbons (Fsp3) is 0.200. The molecule has 6 nitrogen and oxygen atoms in total. The van der Waals surface area contributed by atoms with Crippen LogP contribution in [0.15, 0.2) is 24.3 Å². The molecular weight excluding hydrogens is 280 g/mol. The lowest BCUT2D eigenvalue weighted by Crippen LogP contribution is -2.40. The lowest BCUT2D eigenvalue weighted by Gasteiger charge is -2.16. The number of hydrogen-bond donors (Lipinski definition) is 1. The van der Waals surface area contributed by atoms with Gasteiger partial charge in [0.15, 0.2) is 0 Å². The summed E-state index contributed by atoms with van der Waals surface area (Å²) in [5.41, 5.74) is 1.42. The zero-order valence-corrected chi connectivity index (χ0v) is 10.7. The van der Waals surface area contributed by atoms with Crippen molar-refractivity contribution in [2.45, 2.75) is 6.42 Å². The monoisotopic (exact) mass is 288 g/mol. The van der Waals surface area contributed by atoms with Crippen LogP contribution in [0.5, 0.6) is 0 Å². The van der Waals surface area contributed by atoms with Crippen LogP contribution in [0.4, 0.5) is 5.69 Å². The third-order valence-corrected chi connectivity index (χ3v) is 3.17. The van der Waals surface area contributed by atoms with E-state index in [-0.39, 0.29) is 18.9 Å². The molecule has 1 N–H and O–H groups in total. The van der Waals surface area contributed by atoms with Crippen LogP contribution in [0.2, 0.25) is 0 Å². The van der Waals surface area contributed by atoms with Crippen molar-refractivity contribution in [3.05, 3.63) is 29.8 Å². The molecule has 0 saturated heterocycles. The zero-order chi connectivity index (χ0) is 13.3. The van der Waals surface area contributed by atoms with Crippen molar-refractivity contribution >= 4 is 37.4 Å². The fourth-order valence-corrected chi connectivity index (χ4v) is 2.40. The van der Waals surface area contributed by atoms with Crippen LogP contribution in [0.25, 0.3) is 0 Å². The molecule has 0 atom stereocenters. The smallest absolute Gasteiger partial charge is 0.302 e. The van der Waals surface area contributed by atoms with Crippen LogP contribution in [0, 0.1) is 0 Å². The van der Waals surface area contributed by atoms with Gasteiger partial charge >= 0.3 is 9.24 Å². The van der Waals surface area contributed by atoms with Gasteiger partial charge in [-0.2, -0.15) is 8.42 Å². The van der Waals surface area contributed by atoms with Crippen molar-refractivity contribution in [3.63, 3.8) is 0 Å². The predicted molar refractivity (Wildman–Crippen MR) is 65.4 cm³/mol. The first-order valence-corrected chi connectivity index (χ1v) is 7.31. The molecular formula is C10H9ClN2O4S. The maximum absolute atomic E-state index is 11.7. The van der Waals surface area contributed by atoms with Crippen molar-refractivity contribution in [3.8, 4) is 0 Å². The van der Waals surface area contributed by atoms with E-state index >= 15 is 0 Å². The molecule has 0 fully saturated rings. The molecule has 0 radical (unpaired) electrons. The Morgan fingerprint density at radius 3 is 2.72 bits per heavy atom. The maximum atomic E-state index is 11.7. The average molecular weight is 289 g/mol. The van der Waals surface area contributed by atoms with Gasteiger partial charge in [0.2, 0.25) is 5.91 Å². The number of rotatable bonds is 3. The van der Waals surface area contributed by atoms with E-state index in [2.05, 4.69) is 0 Å². The molecule has 0 unspecified atom stereocenters. The molecule has 0 saturated carbocycles. The number of para-hydroxylation sites is 1. The zero-order valence-electron chi connectivity index (χ0n) is 9.09. The van der Waals surface area contributed by atoms with Gasteiger partial charge in [0.1, 0.15) is 6.54 Å². The largest absolute Gasteiger partial charge is 0.321 e. The number of carbonyl (C=O) groups excluding carboxylic acids is 2. The number of hydrogen-bond acceptors (Lipinski definition) is 4. The number of benzene rings is 1. The molecule has 2 rings (SSSR count). The van der Waals surface area contributed by atoms with Crippen molar-refractivity contribution < 1.29 is 18.0 Å². The molecule has 0 aliphatic carbocycles. The van der Waals surface area contributed by atoms with E-state index in [1.807, 2.05) is 0 Å². The Hall–Kier alpha value is -1.60. The van der Waals surface area contributed by atoms with Gasteiger partial charge in [-0.15, -0.1) is 0 Å². The third kappa shape index (κ3) is 2.80. The summed E-state index contributed by atoms with van der Waals surface area (Å²) in [6.07, 6.45) is 0.205. The van der Waals surface area contributed by atoms with Gasteiger partial charge in [-0.05, 0) is 11.6 Å². The summed E-state index contributed by atoms with van der Waals surface area (Å²) in [4.78, 5) is 24.3. The SMILES string of the molecule is O=C(CN1C(=O)Cc2ccccc21)NS(=O)(=O)Cl. The summed E-state index contributed by atoms with van der Waals surface area (Å²) in [6.45, 7) is -0.373. The molecule has 1 aromatic rings. The van der Waals surface area contributed by atoms with Gasteiger partial charge in [0.25, 0.3) is 5.91 Å². The Bertz CT molecular complexity index is 614. The molecule has 1 aliphatic heterocycles. The summed E-state index contributed by atoms with van der Waals surface area (Å²) in [5, 5.41) is 0. The van der Waals surface area contributed by atoms with Crippen molar-refractivity contribution in [1.82, 2.24) is 4.72 Å². The van der Waals surface area contributed by atoms with Crippen LogP contribution in [0.3, 0.4) is 0 Å². The van der Waals surface area contributed by atoms with E-state index in [1.165, 1.54) is 4.90 Å². The highest BCUT2D eigenvalue weighted by atomic mass is 35.7. The first kappa shape index (κ1) is 12.8. The molecule has 8 heteroatoms. The number of fused-ring (bicyclic) bond motifs is 1. The summed E-state index contributed by atoms with van der Waals surface area (Å²) < 4.78 is 22.9. The van der Waals surface area contributed by atoms with Gasteiger partial charge in [-0.1, -0.05) is 18.2 Å². The van der Waals surface area contributed by atoms with Crippen molar-refractivity contribution in [1.29, 1.82) is 0 Å². The molecule has 0 spiro atoms. The van der Waals surface area contributed by atoms with Gasteiger partial charge in [0.05, 0.1) is 6.42 Å². The Morgan fingerprint density at radius 2 is 2.06 bits per heavy atom. The van der Waals surface area contributed by atoms with E-state index < -0.39 is 15.1 Å². The number of amides is 2. The van der Waals surface area contributed by atoms with E-state index in [4.69, 9.17) is 10.7 Å². The van der Waals surface area contributed by atoms with Crippen LogP contribution >= 0.6 is 10.7 Å². The topological polar surface area (TPSA) is 83.6 Å². The van der Waals surface area contributed by atoms with Crippen LogP contribution in [-0.4, -0.2) is 26.8 Å². The van der Waals surface area contributed by atoms with E-state index in [1.54, 1.807) is 29.0 Å². The first-order chi connectivity index (χ1) is 8.37. The highest BCUT2D eigenvalue weighted by Gasteiger charge is 2.29. The van der Waals surface area contributed by atoms with Gasteiger partial charge in [-0.3, -0.25) is 9.59 Å². The number of anilines is 1. The Labute approximate surface area is 108 Å². The molecule has 1 aliphatic rings. The third-order valence-electron chi connectivity index (χ3n) is 2.46. The number of nitrogens with one attached hydrogen (secondary N) is 1. The number of nitrogens with zero attached hydrogens (tertiary/aromatic N) is 1. The second kappa shape index (κ2) is 4.58. The minimum absolute atomic E-state index is 0.205. The van der Waals surface area contributed by atoms with E-state index in [0.717, 1.165) is 5.56 Å². The number of halogens is 1. The second-order valence-electron chi connectivity index (χ2n) is 3.75. The first-order valence-electron chi connectivity index (χ1n) is 5.00. The summed E-state index contributed by atoms with van der Waals surface area (Å²) in [6, 6.07) is 7.01. The van der Waals surface area contributed by atoms with Gasteiger partial charge in [-0.25, -0.2) is 4.72 Å². The van der Waals surface area contributed by atoms with Gasteiger partial charge < -0.3 is 4.90 Å². The maximum Gasteiger partial charge on any atom is 0.321 e. The molecule has 0 bridgehead atoms. The van der Waals surface area contributed by atoms with Crippen LogP contribution in [0.1, 0.15) is 5.56 Å². The average Bonchev–Trinajstić information content (AvgIpc) is 2.53. The normalized spacial score (nSPS) is 14.5. The Kier molecular flexibility index (Phi) is 3.27. The number of carbonyl (C=O) groups is 2. The van der Waals surface area contributed by atoms with Crippen molar-refractivity contribution in [2.24, 2.45) is 0 Å². The van der Waals surface area contributed by atoms with Crippen LogP contribution in [-0.2, 0) is 25.2 Å². The van der Waals surface area contributed by atoms with E-state index in [9.17, 15) is 18.0 Å². The molecule has 2 amide bonds. The summed E-state index contributed by atoms with van der Waals surface area (Å²) in [5.74, 6) is -1.10. The van der Waals surface area contributed by atoms with E-state index in [0.29, 0.717) is 5.69 Å². The minimum Gasteiger partial charge on any atom is -0.302 e. The lowest BCUT2D eigenvalue weighted by molar-refractivity contribution is -0.122. The molecule has 1 aromatic carbocycles. The van der Waals surface area contributed by atoms with Crippen molar-refractivity contribution in [2.75, 3.05) is 11.4 Å². The molecule has 96 valence electrons. The quantitative estimate of drug-likeness (QED) is 0.804. The van der Waals surface area contributed by atoms with Crippen LogP contribution < -0.4 is 9.62 Å². The summed E-state index contributed by atoms with van der Waals surface area (Å²) >= 11 is 0. The fourth-order valence-electron chi connectivity index (χ4n) is 1.80. The summed E-state index contributed by atoms with van der Waals surface area (Å²) in [7, 11) is 0.762. The molecule has 1 heterocycles. The van der Waals surface area contributed by atoms with Gasteiger partial charge in [0, 0.05) is 16.4 Å². The highest BCUT2D eigenvalue weighted by molar-refractivity contribution is 8.12. The standard InChI is InChI=1S/C10H9ClN2O4S/c11-18(16,17)12-9(14)6-13-8-4-2-1-3-7(8)5-10(13)15/h1-4H,5-6H2,(H,12,14). The lowest BCUT2D eigenvalue weighted by atomic mass is 10.2. The highest BCUT2D eigenvalue weighted by Crippen LogP contribution is 2.27. The molecule has 0 aromatic heterocycles. The Balaban J connectivity index is 2.15. The second-order valence-corrected chi connectivity index (χ2v) is 6.05. The molecule has 18 heavy (non-hydrogen) atoms. The Morgan fingerprint density at radius 1 is 1.39 bits per heavy atom. The minimum atomic E-state index is -4.13. The predicted octanol–water partition coefficient (Wildman–Crippen LogP) is 0.175.